The number of carbonyl (C=O) groups excluding carboxylic acids is 3. The van der Waals surface area contributed by atoms with Crippen molar-refractivity contribution in [3.63, 3.8) is 0 Å². The van der Waals surface area contributed by atoms with Crippen LogP contribution in [-0.4, -0.2) is 36.4 Å². The van der Waals surface area contributed by atoms with Gasteiger partial charge in [0.25, 0.3) is 5.91 Å². The topological polar surface area (TPSA) is 111 Å². The number of hydrogen-bond acceptors (Lipinski definition) is 7. The number of esters is 1. The number of benzene rings is 1. The van der Waals surface area contributed by atoms with Crippen LogP contribution in [0.25, 0.3) is 10.8 Å². The zero-order valence-electron chi connectivity index (χ0n) is 14.9. The van der Waals surface area contributed by atoms with E-state index in [0.717, 1.165) is 5.01 Å². The van der Waals surface area contributed by atoms with E-state index in [2.05, 4.69) is 20.4 Å². The van der Waals surface area contributed by atoms with Gasteiger partial charge in [-0.2, -0.15) is 0 Å². The third-order valence-electron chi connectivity index (χ3n) is 3.68. The zero-order valence-corrected chi connectivity index (χ0v) is 15.7. The van der Waals surface area contributed by atoms with Crippen LogP contribution in [0.4, 0.5) is 5.69 Å². The molecule has 8 nitrogen and oxygen atoms in total. The van der Waals surface area contributed by atoms with E-state index in [9.17, 15) is 14.4 Å². The largest absolute Gasteiger partial charge is 0.468 e. The molecule has 144 valence electrons. The molecule has 0 saturated carbocycles. The fourth-order valence-electron chi connectivity index (χ4n) is 2.30. The summed E-state index contributed by atoms with van der Waals surface area (Å²) in [4.78, 5) is 39.6. The number of anilines is 1. The van der Waals surface area contributed by atoms with Crippen LogP contribution in [0.2, 0.25) is 0 Å². The molecular weight excluding hydrogens is 382 g/mol. The molecule has 0 saturated heterocycles. The summed E-state index contributed by atoms with van der Waals surface area (Å²) < 4.78 is 9.75. The molecule has 0 aliphatic rings. The number of thiazole rings is 1. The number of ether oxygens (including phenoxy) is 1. The van der Waals surface area contributed by atoms with Gasteiger partial charge in [-0.1, -0.05) is 0 Å². The lowest BCUT2D eigenvalue weighted by molar-refractivity contribution is -0.139. The molecule has 9 heteroatoms. The van der Waals surface area contributed by atoms with Crippen molar-refractivity contribution in [1.82, 2.24) is 10.3 Å². The van der Waals surface area contributed by atoms with Gasteiger partial charge in [0.15, 0.2) is 10.8 Å². The lowest BCUT2D eigenvalue weighted by Crippen LogP contribution is -2.30. The monoisotopic (exact) mass is 399 g/mol. The normalized spacial score (nSPS) is 10.3. The zero-order chi connectivity index (χ0) is 19.9. The van der Waals surface area contributed by atoms with Crippen LogP contribution >= 0.6 is 11.3 Å². The molecular formula is C19H17N3O5S. The number of nitrogens with zero attached hydrogens (tertiary/aromatic N) is 1. The van der Waals surface area contributed by atoms with Gasteiger partial charge in [-0.25, -0.2) is 4.98 Å². The number of hydrogen-bond donors (Lipinski definition) is 2. The number of nitrogens with one attached hydrogen (secondary N) is 2. The Morgan fingerprint density at radius 2 is 1.96 bits per heavy atom. The highest BCUT2D eigenvalue weighted by atomic mass is 32.1. The second-order valence-corrected chi connectivity index (χ2v) is 6.54. The Labute approximate surface area is 164 Å². The van der Waals surface area contributed by atoms with Gasteiger partial charge in [0, 0.05) is 16.6 Å². The third-order valence-corrected chi connectivity index (χ3v) is 4.58. The number of amides is 2. The van der Waals surface area contributed by atoms with Crippen LogP contribution in [-0.2, 0) is 20.7 Å². The molecule has 2 amide bonds. The molecule has 0 bridgehead atoms. The summed E-state index contributed by atoms with van der Waals surface area (Å²) in [6.45, 7) is -0.207. The van der Waals surface area contributed by atoms with Crippen molar-refractivity contribution in [3.05, 3.63) is 59.3 Å². The number of furan rings is 1. The second-order valence-electron chi connectivity index (χ2n) is 5.68. The van der Waals surface area contributed by atoms with E-state index < -0.39 is 11.9 Å². The molecule has 2 N–H and O–H groups in total. The SMILES string of the molecule is COC(=O)CNC(=O)c1ccc(NC(=O)Cc2csc(-c3ccco3)n2)cc1. The maximum absolute atomic E-state index is 12.2. The van der Waals surface area contributed by atoms with Crippen molar-refractivity contribution >= 4 is 34.8 Å². The molecule has 3 rings (SSSR count). The van der Waals surface area contributed by atoms with Crippen LogP contribution in [0, 0.1) is 0 Å². The smallest absolute Gasteiger partial charge is 0.325 e. The van der Waals surface area contributed by atoms with Gasteiger partial charge in [0.05, 0.1) is 25.5 Å². The average Bonchev–Trinajstić information content (AvgIpc) is 3.38. The summed E-state index contributed by atoms with van der Waals surface area (Å²) in [5, 5.41) is 7.73. The number of aromatic nitrogens is 1. The van der Waals surface area contributed by atoms with Gasteiger partial charge in [-0.3, -0.25) is 14.4 Å². The Bertz CT molecular complexity index is 964. The van der Waals surface area contributed by atoms with E-state index >= 15 is 0 Å². The van der Waals surface area contributed by atoms with Gasteiger partial charge in [-0.05, 0) is 36.4 Å². The summed E-state index contributed by atoms with van der Waals surface area (Å²) in [6, 6.07) is 9.93. The minimum Gasteiger partial charge on any atom is -0.468 e. The fourth-order valence-corrected chi connectivity index (χ4v) is 3.09. The molecule has 2 heterocycles. The van der Waals surface area contributed by atoms with Crippen LogP contribution in [0.1, 0.15) is 16.1 Å². The molecule has 0 fully saturated rings. The Morgan fingerprint density at radius 3 is 2.64 bits per heavy atom. The van der Waals surface area contributed by atoms with Crippen LogP contribution in [0.5, 0.6) is 0 Å². The van der Waals surface area contributed by atoms with Crippen molar-refractivity contribution in [2.75, 3.05) is 19.0 Å². The quantitative estimate of drug-likeness (QED) is 0.591. The minimum absolute atomic E-state index is 0.124. The van der Waals surface area contributed by atoms with Gasteiger partial charge < -0.3 is 19.8 Å². The van der Waals surface area contributed by atoms with Crippen LogP contribution in [0.15, 0.2) is 52.5 Å². The van der Waals surface area contributed by atoms with Crippen molar-refractivity contribution in [2.45, 2.75) is 6.42 Å². The first-order valence-corrected chi connectivity index (χ1v) is 9.16. The molecule has 28 heavy (non-hydrogen) atoms. The van der Waals surface area contributed by atoms with Gasteiger partial charge >= 0.3 is 5.97 Å². The molecule has 0 spiro atoms. The minimum atomic E-state index is -0.533. The second kappa shape index (κ2) is 8.96. The highest BCUT2D eigenvalue weighted by Crippen LogP contribution is 2.24. The predicted octanol–water partition coefficient (Wildman–Crippen LogP) is 2.49. The van der Waals surface area contributed by atoms with Crippen LogP contribution in [0.3, 0.4) is 0 Å². The molecule has 3 aromatic rings. The fraction of sp³-hybridized carbons (Fsp3) is 0.158. The van der Waals surface area contributed by atoms with E-state index in [1.807, 2.05) is 11.4 Å². The highest BCUT2D eigenvalue weighted by Gasteiger charge is 2.12. The van der Waals surface area contributed by atoms with E-state index in [-0.39, 0.29) is 18.9 Å². The summed E-state index contributed by atoms with van der Waals surface area (Å²) in [6.07, 6.45) is 1.70. The van der Waals surface area contributed by atoms with Gasteiger partial charge in [-0.15, -0.1) is 11.3 Å². The lowest BCUT2D eigenvalue weighted by atomic mass is 10.2. The Kier molecular flexibility index (Phi) is 6.18. The standard InChI is InChI=1S/C19H17N3O5S/c1-26-17(24)10-20-18(25)12-4-6-13(7-5-12)21-16(23)9-14-11-28-19(22-14)15-3-2-8-27-15/h2-8,11H,9-10H2,1H3,(H,20,25)(H,21,23). The van der Waals surface area contributed by atoms with Crippen LogP contribution < -0.4 is 10.6 Å². The van der Waals surface area contributed by atoms with Crippen molar-refractivity contribution in [3.8, 4) is 10.8 Å². The molecule has 0 radical (unpaired) electrons. The maximum Gasteiger partial charge on any atom is 0.325 e. The number of methoxy groups -OCH3 is 1. The van der Waals surface area contributed by atoms with E-state index in [1.54, 1.807) is 36.6 Å². The molecule has 1 aromatic carbocycles. The summed E-state index contributed by atoms with van der Waals surface area (Å²) in [5.74, 6) is -0.498. The first kappa shape index (κ1) is 19.3. The summed E-state index contributed by atoms with van der Waals surface area (Å²) >= 11 is 1.41. The molecule has 0 aliphatic heterocycles. The average molecular weight is 399 g/mol. The number of carbonyl (C=O) groups is 3. The molecule has 2 aromatic heterocycles. The third kappa shape index (κ3) is 5.04. The van der Waals surface area contributed by atoms with E-state index in [1.165, 1.54) is 18.4 Å². The van der Waals surface area contributed by atoms with Crippen molar-refractivity contribution in [1.29, 1.82) is 0 Å². The molecule has 0 aliphatic carbocycles. The van der Waals surface area contributed by atoms with Gasteiger partial charge in [0.2, 0.25) is 5.91 Å². The first-order valence-electron chi connectivity index (χ1n) is 8.28. The highest BCUT2D eigenvalue weighted by molar-refractivity contribution is 7.13. The lowest BCUT2D eigenvalue weighted by Gasteiger charge is -2.06. The van der Waals surface area contributed by atoms with Crippen molar-refractivity contribution < 1.29 is 23.5 Å². The Morgan fingerprint density at radius 1 is 1.18 bits per heavy atom. The van der Waals surface area contributed by atoms with Gasteiger partial charge in [0.1, 0.15) is 6.54 Å². The van der Waals surface area contributed by atoms with Crippen molar-refractivity contribution in [2.24, 2.45) is 0 Å². The van der Waals surface area contributed by atoms with E-state index in [0.29, 0.717) is 22.7 Å². The van der Waals surface area contributed by atoms with E-state index in [4.69, 9.17) is 4.42 Å². The summed E-state index contributed by atoms with van der Waals surface area (Å²) in [7, 11) is 1.25. The predicted molar refractivity (Wildman–Crippen MR) is 103 cm³/mol. The summed E-state index contributed by atoms with van der Waals surface area (Å²) in [5.41, 5.74) is 1.56. The molecule has 0 unspecified atom stereocenters. The Balaban J connectivity index is 1.53. The molecule has 0 atom stereocenters. The first-order chi connectivity index (χ1) is 13.5. The number of rotatable bonds is 7. The Hall–Kier alpha value is -3.46. The maximum atomic E-state index is 12.2.